The highest BCUT2D eigenvalue weighted by Crippen LogP contribution is 2.19. The van der Waals surface area contributed by atoms with Crippen LogP contribution in [-0.4, -0.2) is 42.9 Å². The summed E-state index contributed by atoms with van der Waals surface area (Å²) in [5.74, 6) is -0.728. The lowest BCUT2D eigenvalue weighted by Crippen LogP contribution is -2.49. The van der Waals surface area contributed by atoms with Crippen LogP contribution in [0.25, 0.3) is 0 Å². The third-order valence-corrected chi connectivity index (χ3v) is 5.01. The summed E-state index contributed by atoms with van der Waals surface area (Å²) in [4.78, 5) is 28.5. The van der Waals surface area contributed by atoms with Crippen LogP contribution in [0.5, 0.6) is 0 Å². The van der Waals surface area contributed by atoms with Gasteiger partial charge >= 0.3 is 0 Å². The molecular formula is C21H24FN3O2. The zero-order valence-corrected chi connectivity index (χ0v) is 15.7. The highest BCUT2D eigenvalue weighted by atomic mass is 19.1. The van der Waals surface area contributed by atoms with E-state index in [9.17, 15) is 14.0 Å². The number of hydrogen-bond acceptors (Lipinski definition) is 3. The minimum Gasteiger partial charge on any atom is -0.368 e. The molecule has 0 bridgehead atoms. The topological polar surface area (TPSA) is 52.7 Å². The van der Waals surface area contributed by atoms with Crippen LogP contribution in [-0.2, 0) is 9.59 Å². The van der Waals surface area contributed by atoms with Gasteiger partial charge in [-0.1, -0.05) is 12.1 Å². The fraction of sp³-hybridized carbons (Fsp3) is 0.333. The smallest absolute Gasteiger partial charge is 0.233 e. The molecule has 0 atom stereocenters. The maximum absolute atomic E-state index is 13.0. The van der Waals surface area contributed by atoms with Crippen molar-refractivity contribution in [2.75, 3.05) is 36.4 Å². The molecule has 5 nitrogen and oxygen atoms in total. The van der Waals surface area contributed by atoms with Gasteiger partial charge in [0.1, 0.15) is 12.2 Å². The van der Waals surface area contributed by atoms with Gasteiger partial charge in [0.25, 0.3) is 0 Å². The molecule has 1 heterocycles. The third-order valence-electron chi connectivity index (χ3n) is 5.01. The Morgan fingerprint density at radius 1 is 1.00 bits per heavy atom. The number of halogens is 1. The van der Waals surface area contributed by atoms with Gasteiger partial charge in [-0.3, -0.25) is 9.59 Å². The Morgan fingerprint density at radius 3 is 2.33 bits per heavy atom. The van der Waals surface area contributed by atoms with Gasteiger partial charge < -0.3 is 15.1 Å². The SMILES string of the molecule is Cc1cccc(NC(=O)CC(=O)N2CCN(c3ccc(F)cc3)CC2)c1C. The van der Waals surface area contributed by atoms with Gasteiger partial charge in [0, 0.05) is 37.6 Å². The lowest BCUT2D eigenvalue weighted by atomic mass is 10.1. The summed E-state index contributed by atoms with van der Waals surface area (Å²) in [7, 11) is 0. The van der Waals surface area contributed by atoms with E-state index in [2.05, 4.69) is 10.2 Å². The van der Waals surface area contributed by atoms with Gasteiger partial charge in [-0.15, -0.1) is 0 Å². The van der Waals surface area contributed by atoms with Crippen molar-refractivity contribution in [3.8, 4) is 0 Å². The minimum atomic E-state index is -0.297. The Labute approximate surface area is 158 Å². The van der Waals surface area contributed by atoms with E-state index >= 15 is 0 Å². The van der Waals surface area contributed by atoms with Crippen molar-refractivity contribution in [1.82, 2.24) is 4.90 Å². The number of nitrogens with one attached hydrogen (secondary N) is 1. The van der Waals surface area contributed by atoms with Crippen molar-refractivity contribution in [2.24, 2.45) is 0 Å². The molecule has 0 aromatic heterocycles. The summed E-state index contributed by atoms with van der Waals surface area (Å²) in [6, 6.07) is 12.1. The van der Waals surface area contributed by atoms with Crippen molar-refractivity contribution >= 4 is 23.2 Å². The van der Waals surface area contributed by atoms with Crippen LogP contribution in [0.1, 0.15) is 17.5 Å². The molecule has 2 aromatic carbocycles. The molecule has 1 saturated heterocycles. The van der Waals surface area contributed by atoms with E-state index in [4.69, 9.17) is 0 Å². The molecule has 3 rings (SSSR count). The maximum Gasteiger partial charge on any atom is 0.233 e. The molecule has 2 aromatic rings. The number of piperazine rings is 1. The van der Waals surface area contributed by atoms with E-state index in [1.165, 1.54) is 12.1 Å². The lowest BCUT2D eigenvalue weighted by Gasteiger charge is -2.36. The summed E-state index contributed by atoms with van der Waals surface area (Å²) in [5, 5.41) is 2.83. The Morgan fingerprint density at radius 2 is 1.67 bits per heavy atom. The molecule has 142 valence electrons. The van der Waals surface area contributed by atoms with Crippen molar-refractivity contribution in [3.05, 3.63) is 59.4 Å². The molecule has 27 heavy (non-hydrogen) atoms. The van der Waals surface area contributed by atoms with Gasteiger partial charge in [0.2, 0.25) is 11.8 Å². The van der Waals surface area contributed by atoms with E-state index in [0.717, 1.165) is 22.5 Å². The highest BCUT2D eigenvalue weighted by molar-refractivity contribution is 6.04. The summed E-state index contributed by atoms with van der Waals surface area (Å²) >= 11 is 0. The van der Waals surface area contributed by atoms with Gasteiger partial charge in [-0.05, 0) is 55.3 Å². The fourth-order valence-electron chi connectivity index (χ4n) is 3.20. The normalized spacial score (nSPS) is 14.2. The average Bonchev–Trinajstić information content (AvgIpc) is 2.66. The van der Waals surface area contributed by atoms with Crippen molar-refractivity contribution in [3.63, 3.8) is 0 Å². The van der Waals surface area contributed by atoms with Crippen molar-refractivity contribution in [1.29, 1.82) is 0 Å². The van der Waals surface area contributed by atoms with Gasteiger partial charge in [-0.25, -0.2) is 4.39 Å². The number of anilines is 2. The Balaban J connectivity index is 1.51. The quantitative estimate of drug-likeness (QED) is 0.843. The molecule has 0 radical (unpaired) electrons. The molecule has 1 N–H and O–H groups in total. The molecule has 1 aliphatic heterocycles. The van der Waals surface area contributed by atoms with Gasteiger partial charge in [0.05, 0.1) is 0 Å². The molecule has 1 fully saturated rings. The Kier molecular flexibility index (Phi) is 5.74. The minimum absolute atomic E-state index is 0.163. The zero-order chi connectivity index (χ0) is 19.4. The second-order valence-corrected chi connectivity index (χ2v) is 6.82. The van der Waals surface area contributed by atoms with Gasteiger partial charge in [-0.2, -0.15) is 0 Å². The van der Waals surface area contributed by atoms with Crippen LogP contribution in [0.2, 0.25) is 0 Å². The number of aryl methyl sites for hydroxylation is 1. The van der Waals surface area contributed by atoms with E-state index in [1.54, 1.807) is 17.0 Å². The van der Waals surface area contributed by atoms with Crippen LogP contribution in [0.3, 0.4) is 0 Å². The van der Waals surface area contributed by atoms with Crippen LogP contribution < -0.4 is 10.2 Å². The summed E-state index contributed by atoms with van der Waals surface area (Å²) in [6.45, 7) is 6.35. The second-order valence-electron chi connectivity index (χ2n) is 6.82. The zero-order valence-electron chi connectivity index (χ0n) is 15.7. The fourth-order valence-corrected chi connectivity index (χ4v) is 3.20. The Bertz CT molecular complexity index is 828. The number of rotatable bonds is 4. The maximum atomic E-state index is 13.0. The van der Waals surface area contributed by atoms with E-state index in [-0.39, 0.29) is 24.1 Å². The van der Waals surface area contributed by atoms with Crippen LogP contribution >= 0.6 is 0 Å². The standard InChI is InChI=1S/C21H24FN3O2/c1-15-4-3-5-19(16(15)2)23-20(26)14-21(27)25-12-10-24(11-13-25)18-8-6-17(22)7-9-18/h3-9H,10-14H2,1-2H3,(H,23,26). The number of carbonyl (C=O) groups excluding carboxylic acids is 2. The number of nitrogens with zero attached hydrogens (tertiary/aromatic N) is 2. The first-order valence-corrected chi connectivity index (χ1v) is 9.08. The molecule has 0 aliphatic carbocycles. The summed E-state index contributed by atoms with van der Waals surface area (Å²) < 4.78 is 13.0. The molecule has 0 unspecified atom stereocenters. The third kappa shape index (κ3) is 4.64. The van der Waals surface area contributed by atoms with Crippen LogP contribution in [0.4, 0.5) is 15.8 Å². The molecule has 6 heteroatoms. The van der Waals surface area contributed by atoms with Crippen molar-refractivity contribution in [2.45, 2.75) is 20.3 Å². The van der Waals surface area contributed by atoms with E-state index in [1.807, 2.05) is 32.0 Å². The van der Waals surface area contributed by atoms with E-state index < -0.39 is 0 Å². The molecule has 0 saturated carbocycles. The summed E-state index contributed by atoms with van der Waals surface area (Å²) in [5.41, 5.74) is 3.78. The lowest BCUT2D eigenvalue weighted by molar-refractivity contribution is -0.134. The first-order valence-electron chi connectivity index (χ1n) is 9.08. The number of hydrogen-bond donors (Lipinski definition) is 1. The monoisotopic (exact) mass is 369 g/mol. The first kappa shape index (κ1) is 18.9. The predicted molar refractivity (Wildman–Crippen MR) is 104 cm³/mol. The molecular weight excluding hydrogens is 345 g/mol. The van der Waals surface area contributed by atoms with E-state index in [0.29, 0.717) is 26.2 Å². The molecule has 1 aliphatic rings. The largest absolute Gasteiger partial charge is 0.368 e. The number of benzene rings is 2. The average molecular weight is 369 g/mol. The number of carbonyl (C=O) groups is 2. The second kappa shape index (κ2) is 8.20. The highest BCUT2D eigenvalue weighted by Gasteiger charge is 2.23. The predicted octanol–water partition coefficient (Wildman–Crippen LogP) is 3.12. The van der Waals surface area contributed by atoms with Crippen LogP contribution in [0, 0.1) is 19.7 Å². The first-order chi connectivity index (χ1) is 12.9. The number of amides is 2. The van der Waals surface area contributed by atoms with Gasteiger partial charge in [0.15, 0.2) is 0 Å². The molecule has 0 spiro atoms. The summed E-state index contributed by atoms with van der Waals surface area (Å²) in [6.07, 6.45) is -0.163. The van der Waals surface area contributed by atoms with Crippen LogP contribution in [0.15, 0.2) is 42.5 Å². The molecule has 2 amide bonds. The Hall–Kier alpha value is -2.89. The van der Waals surface area contributed by atoms with Crippen molar-refractivity contribution < 1.29 is 14.0 Å².